The summed E-state index contributed by atoms with van der Waals surface area (Å²) in [4.78, 5) is 15.3. The zero-order valence-electron chi connectivity index (χ0n) is 10.2. The number of rotatable bonds is 7. The van der Waals surface area contributed by atoms with Crippen molar-refractivity contribution < 1.29 is 14.3 Å². The molecule has 0 saturated heterocycles. The fourth-order valence-corrected chi connectivity index (χ4v) is 1.25. The van der Waals surface area contributed by atoms with Gasteiger partial charge in [-0.15, -0.1) is 0 Å². The van der Waals surface area contributed by atoms with Crippen LogP contribution in [0.3, 0.4) is 0 Å². The largest absolute Gasteiger partial charge is 0.465 e. The molecule has 1 rings (SSSR count). The summed E-state index contributed by atoms with van der Waals surface area (Å²) in [7, 11) is 1.35. The van der Waals surface area contributed by atoms with Gasteiger partial charge in [0.2, 0.25) is 0 Å². The van der Waals surface area contributed by atoms with Gasteiger partial charge in [-0.05, 0) is 18.7 Å². The highest BCUT2D eigenvalue weighted by molar-refractivity contribution is 5.88. The number of carbonyl (C=O) groups excluding carboxylic acids is 1. The first-order valence-corrected chi connectivity index (χ1v) is 5.59. The third kappa shape index (κ3) is 4.93. The lowest BCUT2D eigenvalue weighted by atomic mass is 10.2. The van der Waals surface area contributed by atoms with Crippen LogP contribution in [0, 0.1) is 0 Å². The summed E-state index contributed by atoms with van der Waals surface area (Å²) in [6.07, 6.45) is 1.49. The van der Waals surface area contributed by atoms with Crippen LogP contribution in [-0.4, -0.2) is 37.8 Å². The highest BCUT2D eigenvalue weighted by Crippen LogP contribution is 2.03. The van der Waals surface area contributed by atoms with Crippen LogP contribution in [0.4, 0.5) is 0 Å². The van der Waals surface area contributed by atoms with Crippen LogP contribution in [0.25, 0.3) is 0 Å². The third-order valence-electron chi connectivity index (χ3n) is 2.17. The zero-order valence-corrected chi connectivity index (χ0v) is 10.2. The number of carbonyl (C=O) groups is 1. The maximum absolute atomic E-state index is 11.2. The normalized spacial score (nSPS) is 10.2. The predicted octanol–water partition coefficient (Wildman–Crippen LogP) is 0.994. The molecule has 0 amide bonds. The lowest BCUT2D eigenvalue weighted by molar-refractivity contribution is 0.0600. The minimum atomic E-state index is -0.378. The Balaban J connectivity index is 2.33. The number of aromatic nitrogens is 1. The van der Waals surface area contributed by atoms with Crippen LogP contribution >= 0.6 is 0 Å². The Kier molecular flexibility index (Phi) is 6.21. The number of nitrogens with one attached hydrogen (secondary N) is 1. The number of pyridine rings is 1. The van der Waals surface area contributed by atoms with E-state index in [-0.39, 0.29) is 5.97 Å². The van der Waals surface area contributed by atoms with Crippen LogP contribution in [0.2, 0.25) is 0 Å². The Bertz CT molecular complexity index is 338. The van der Waals surface area contributed by atoms with Crippen molar-refractivity contribution >= 4 is 5.97 Å². The van der Waals surface area contributed by atoms with Crippen LogP contribution in [0.15, 0.2) is 18.3 Å². The summed E-state index contributed by atoms with van der Waals surface area (Å²) >= 11 is 0. The van der Waals surface area contributed by atoms with Gasteiger partial charge in [0.25, 0.3) is 0 Å². The summed E-state index contributed by atoms with van der Waals surface area (Å²) in [6.45, 7) is 4.92. The van der Waals surface area contributed by atoms with Gasteiger partial charge in [-0.1, -0.05) is 6.92 Å². The molecule has 5 nitrogen and oxygen atoms in total. The van der Waals surface area contributed by atoms with E-state index in [0.717, 1.165) is 18.8 Å². The van der Waals surface area contributed by atoms with E-state index in [1.807, 2.05) is 6.92 Å². The second kappa shape index (κ2) is 7.76. The monoisotopic (exact) mass is 238 g/mol. The van der Waals surface area contributed by atoms with E-state index in [2.05, 4.69) is 15.0 Å². The molecule has 94 valence electrons. The van der Waals surface area contributed by atoms with E-state index in [9.17, 15) is 4.79 Å². The van der Waals surface area contributed by atoms with E-state index in [0.29, 0.717) is 18.8 Å². The average molecular weight is 238 g/mol. The summed E-state index contributed by atoms with van der Waals surface area (Å²) < 4.78 is 9.99. The van der Waals surface area contributed by atoms with Crippen molar-refractivity contribution in [3.05, 3.63) is 29.6 Å². The quantitative estimate of drug-likeness (QED) is 0.567. The summed E-state index contributed by atoms with van der Waals surface area (Å²) in [5.74, 6) is -0.378. The van der Waals surface area contributed by atoms with Crippen molar-refractivity contribution in [2.24, 2.45) is 0 Å². The second-order valence-corrected chi connectivity index (χ2v) is 3.44. The van der Waals surface area contributed by atoms with E-state index in [1.165, 1.54) is 13.3 Å². The molecule has 1 heterocycles. The molecule has 0 aliphatic heterocycles. The minimum absolute atomic E-state index is 0.378. The summed E-state index contributed by atoms with van der Waals surface area (Å²) in [6, 6.07) is 3.45. The molecule has 0 spiro atoms. The standard InChI is InChI=1S/C12H18N2O3/c1-3-13-6-7-17-9-11-5-4-10(8-14-11)12(15)16-2/h4-5,8,13H,3,6-7,9H2,1-2H3. The summed E-state index contributed by atoms with van der Waals surface area (Å²) in [5, 5.41) is 3.16. The number of nitrogens with zero attached hydrogens (tertiary/aromatic N) is 1. The zero-order chi connectivity index (χ0) is 12.5. The molecule has 0 radical (unpaired) electrons. The molecule has 0 unspecified atom stereocenters. The van der Waals surface area contributed by atoms with Gasteiger partial charge in [-0.25, -0.2) is 4.79 Å². The molecule has 5 heteroatoms. The number of hydrogen-bond acceptors (Lipinski definition) is 5. The fraction of sp³-hybridized carbons (Fsp3) is 0.500. The Morgan fingerprint density at radius 3 is 2.88 bits per heavy atom. The van der Waals surface area contributed by atoms with Gasteiger partial charge in [-0.3, -0.25) is 4.98 Å². The average Bonchev–Trinajstić information content (AvgIpc) is 2.38. The molecular formula is C12H18N2O3. The lowest BCUT2D eigenvalue weighted by Crippen LogP contribution is -2.18. The van der Waals surface area contributed by atoms with Crippen LogP contribution in [-0.2, 0) is 16.1 Å². The molecule has 1 N–H and O–H groups in total. The van der Waals surface area contributed by atoms with Gasteiger partial charge in [0.05, 0.1) is 31.6 Å². The minimum Gasteiger partial charge on any atom is -0.465 e. The Morgan fingerprint density at radius 2 is 2.29 bits per heavy atom. The highest BCUT2D eigenvalue weighted by Gasteiger charge is 2.05. The Labute approximate surface area is 101 Å². The van der Waals surface area contributed by atoms with E-state index in [4.69, 9.17) is 4.74 Å². The molecule has 0 aromatic carbocycles. The van der Waals surface area contributed by atoms with Crippen LogP contribution in [0.1, 0.15) is 23.0 Å². The van der Waals surface area contributed by atoms with Gasteiger partial charge in [0.15, 0.2) is 0 Å². The molecular weight excluding hydrogens is 220 g/mol. The fourth-order valence-electron chi connectivity index (χ4n) is 1.25. The van der Waals surface area contributed by atoms with Crippen molar-refractivity contribution in [3.8, 4) is 0 Å². The number of methoxy groups -OCH3 is 1. The third-order valence-corrected chi connectivity index (χ3v) is 2.17. The molecule has 1 aromatic heterocycles. The number of likely N-dealkylation sites (N-methyl/N-ethyl adjacent to an activating group) is 1. The van der Waals surface area contributed by atoms with Gasteiger partial charge >= 0.3 is 5.97 Å². The smallest absolute Gasteiger partial charge is 0.339 e. The maximum Gasteiger partial charge on any atom is 0.339 e. The molecule has 0 aliphatic rings. The topological polar surface area (TPSA) is 60.5 Å². The van der Waals surface area contributed by atoms with Crippen LogP contribution < -0.4 is 5.32 Å². The van der Waals surface area contributed by atoms with E-state index >= 15 is 0 Å². The molecule has 0 saturated carbocycles. The van der Waals surface area contributed by atoms with Gasteiger partial charge in [0, 0.05) is 12.7 Å². The second-order valence-electron chi connectivity index (χ2n) is 3.44. The predicted molar refractivity (Wildman–Crippen MR) is 63.8 cm³/mol. The van der Waals surface area contributed by atoms with Crippen molar-refractivity contribution in [2.75, 3.05) is 26.8 Å². The lowest BCUT2D eigenvalue weighted by Gasteiger charge is -2.04. The van der Waals surface area contributed by atoms with Crippen molar-refractivity contribution in [3.63, 3.8) is 0 Å². The molecule has 0 aliphatic carbocycles. The van der Waals surface area contributed by atoms with Crippen LogP contribution in [0.5, 0.6) is 0 Å². The highest BCUT2D eigenvalue weighted by atomic mass is 16.5. The van der Waals surface area contributed by atoms with E-state index in [1.54, 1.807) is 12.1 Å². The molecule has 0 bridgehead atoms. The van der Waals surface area contributed by atoms with Crippen molar-refractivity contribution in [1.82, 2.24) is 10.3 Å². The Morgan fingerprint density at radius 1 is 1.47 bits per heavy atom. The van der Waals surface area contributed by atoms with E-state index < -0.39 is 0 Å². The van der Waals surface area contributed by atoms with Gasteiger partial charge in [0.1, 0.15) is 0 Å². The van der Waals surface area contributed by atoms with Gasteiger partial charge in [-0.2, -0.15) is 0 Å². The first-order valence-electron chi connectivity index (χ1n) is 5.59. The molecule has 0 fully saturated rings. The first-order chi connectivity index (χ1) is 8.27. The number of esters is 1. The molecule has 0 atom stereocenters. The maximum atomic E-state index is 11.2. The number of hydrogen-bond donors (Lipinski definition) is 1. The molecule has 17 heavy (non-hydrogen) atoms. The number of ether oxygens (including phenoxy) is 2. The van der Waals surface area contributed by atoms with Crippen molar-refractivity contribution in [1.29, 1.82) is 0 Å². The summed E-state index contributed by atoms with van der Waals surface area (Å²) in [5.41, 5.74) is 1.25. The van der Waals surface area contributed by atoms with Crippen molar-refractivity contribution in [2.45, 2.75) is 13.5 Å². The van der Waals surface area contributed by atoms with Gasteiger partial charge < -0.3 is 14.8 Å². The molecule has 1 aromatic rings. The Hall–Kier alpha value is -1.46. The first kappa shape index (κ1) is 13.6. The SMILES string of the molecule is CCNCCOCc1ccc(C(=O)OC)cn1.